The molecule has 1 amide bonds. The van der Waals surface area contributed by atoms with E-state index in [0.29, 0.717) is 25.9 Å². The summed E-state index contributed by atoms with van der Waals surface area (Å²) in [4.78, 5) is 30.5. The van der Waals surface area contributed by atoms with Gasteiger partial charge in [0, 0.05) is 20.2 Å². The lowest BCUT2D eigenvalue weighted by molar-refractivity contribution is -0.143. The topological polar surface area (TPSA) is 91.2 Å². The molecule has 0 saturated heterocycles. The number of allylic oxidation sites excluding steroid dienone is 1. The van der Waals surface area contributed by atoms with E-state index in [-0.39, 0.29) is 35.1 Å². The van der Waals surface area contributed by atoms with Crippen LogP contribution >= 0.6 is 11.6 Å². The Morgan fingerprint density at radius 3 is 2.40 bits per heavy atom. The van der Waals surface area contributed by atoms with Crippen molar-refractivity contribution in [1.29, 1.82) is 0 Å². The Bertz CT molecular complexity index is 984. The highest BCUT2D eigenvalue weighted by Gasteiger charge is 2.27. The zero-order chi connectivity index (χ0) is 26.0. The maximum atomic E-state index is 13.4. The lowest BCUT2D eigenvalue weighted by Gasteiger charge is -2.28. The minimum absolute atomic E-state index is 0.0503. The fourth-order valence-corrected chi connectivity index (χ4v) is 4.07. The Kier molecular flexibility index (Phi) is 10.8. The summed E-state index contributed by atoms with van der Waals surface area (Å²) in [5.74, 6) is 4.79. The van der Waals surface area contributed by atoms with Gasteiger partial charge in [-0.3, -0.25) is 14.6 Å². The molecule has 0 unspecified atom stereocenters. The Hall–Kier alpha value is -2.82. The number of carbonyl (C=O) groups excluding carboxylic acids is 1. The highest BCUT2D eigenvalue weighted by Crippen LogP contribution is 2.28. The second kappa shape index (κ2) is 13.3. The molecule has 0 bridgehead atoms. The Morgan fingerprint density at radius 2 is 1.89 bits per heavy atom. The first-order chi connectivity index (χ1) is 16.6. The predicted octanol–water partition coefficient (Wildman–Crippen LogP) is 4.34. The summed E-state index contributed by atoms with van der Waals surface area (Å²) in [6.07, 6.45) is 2.76. The minimum Gasteiger partial charge on any atom is -0.481 e. The molecule has 0 atom stereocenters. The van der Waals surface area contributed by atoms with Crippen LogP contribution in [0.3, 0.4) is 0 Å². The first kappa shape index (κ1) is 28.4. The van der Waals surface area contributed by atoms with Crippen molar-refractivity contribution in [2.45, 2.75) is 58.6 Å². The van der Waals surface area contributed by atoms with Crippen molar-refractivity contribution in [2.24, 2.45) is 16.8 Å². The maximum absolute atomic E-state index is 13.4. The average molecular weight is 502 g/mol. The molecule has 8 heteroatoms. The number of rotatable bonds is 10. The van der Waals surface area contributed by atoms with Gasteiger partial charge in [-0.25, -0.2) is 0 Å². The number of carboxylic acid groups (broad SMARTS) is 1. The Labute approximate surface area is 213 Å². The van der Waals surface area contributed by atoms with Crippen molar-refractivity contribution < 1.29 is 19.4 Å². The molecule has 1 saturated carbocycles. The molecule has 1 aromatic rings. The van der Waals surface area contributed by atoms with Crippen molar-refractivity contribution in [1.82, 2.24) is 10.2 Å². The van der Waals surface area contributed by atoms with E-state index in [2.05, 4.69) is 28.9 Å². The number of aliphatic carboxylic acids is 1. The number of nitrogens with zero attached hydrogens (tertiary/aromatic N) is 2. The predicted molar refractivity (Wildman–Crippen MR) is 139 cm³/mol. The third-order valence-electron chi connectivity index (χ3n) is 6.29. The van der Waals surface area contributed by atoms with Crippen LogP contribution in [0.25, 0.3) is 0 Å². The number of amides is 1. The number of aryl methyl sites for hydroxylation is 1. The number of hydrogen-bond acceptors (Lipinski definition) is 5. The highest BCUT2D eigenvalue weighted by molar-refractivity contribution is 6.18. The van der Waals surface area contributed by atoms with E-state index in [1.807, 2.05) is 45.0 Å². The van der Waals surface area contributed by atoms with E-state index in [1.54, 1.807) is 12.0 Å². The molecule has 1 fully saturated rings. The fraction of sp³-hybridized carbons (Fsp3) is 0.519. The SMILES string of the molecule is C=N/C(C#CC(C)(C)OC)=C(/C(=O)NCC1CCC(C(=O)O)CC1)N(CCl)Cc1ccc(C)cc1. The fourth-order valence-electron chi connectivity index (χ4n) is 3.86. The first-order valence-corrected chi connectivity index (χ1v) is 12.3. The molecule has 0 heterocycles. The lowest BCUT2D eigenvalue weighted by Crippen LogP contribution is -2.38. The van der Waals surface area contributed by atoms with Crippen LogP contribution in [0.15, 0.2) is 40.7 Å². The number of carboxylic acids is 1. The average Bonchev–Trinajstić information content (AvgIpc) is 2.85. The van der Waals surface area contributed by atoms with Gasteiger partial charge >= 0.3 is 5.97 Å². The van der Waals surface area contributed by atoms with Crippen LogP contribution in [-0.2, 0) is 20.9 Å². The highest BCUT2D eigenvalue weighted by atomic mass is 35.5. The van der Waals surface area contributed by atoms with Gasteiger partial charge < -0.3 is 20.1 Å². The summed E-state index contributed by atoms with van der Waals surface area (Å²) < 4.78 is 5.38. The van der Waals surface area contributed by atoms with E-state index >= 15 is 0 Å². The first-order valence-electron chi connectivity index (χ1n) is 11.8. The molecule has 0 spiro atoms. The van der Waals surface area contributed by atoms with Crippen LogP contribution in [0.4, 0.5) is 0 Å². The van der Waals surface area contributed by atoms with Crippen LogP contribution in [0.5, 0.6) is 0 Å². The summed E-state index contributed by atoms with van der Waals surface area (Å²) in [5.41, 5.74) is 1.85. The smallest absolute Gasteiger partial charge is 0.306 e. The Balaban J connectivity index is 2.30. The van der Waals surface area contributed by atoms with Crippen LogP contribution < -0.4 is 5.32 Å². The van der Waals surface area contributed by atoms with Crippen LogP contribution in [-0.4, -0.2) is 53.9 Å². The minimum atomic E-state index is -0.745. The number of carbonyl (C=O) groups is 2. The van der Waals surface area contributed by atoms with Gasteiger partial charge in [0.2, 0.25) is 0 Å². The number of nitrogens with one attached hydrogen (secondary N) is 1. The largest absolute Gasteiger partial charge is 0.481 e. The van der Waals surface area contributed by atoms with Gasteiger partial charge in [0.25, 0.3) is 5.91 Å². The second-order valence-corrected chi connectivity index (χ2v) is 9.63. The van der Waals surface area contributed by atoms with Gasteiger partial charge in [-0.2, -0.15) is 0 Å². The molecular weight excluding hydrogens is 466 g/mol. The standard InChI is InChI=1S/C27H36ClN3O4/c1-19-6-8-21(9-7-19)17-31(18-28)24(23(29-4)14-15-27(2,3)35-5)25(32)30-16-20-10-12-22(13-11-20)26(33)34/h6-9,20,22H,4,10-13,16-18H2,1-3,5H3,(H,30,32)(H,33,34)/b24-23-. The van der Waals surface area contributed by atoms with E-state index in [0.717, 1.165) is 24.0 Å². The lowest BCUT2D eigenvalue weighted by atomic mass is 9.82. The molecule has 0 aromatic heterocycles. The zero-order valence-corrected chi connectivity index (χ0v) is 21.8. The van der Waals surface area contributed by atoms with Gasteiger partial charge in [-0.05, 0) is 70.6 Å². The summed E-state index contributed by atoms with van der Waals surface area (Å²) in [6.45, 7) is 10.1. The van der Waals surface area contributed by atoms with Gasteiger partial charge in [-0.15, -0.1) is 11.6 Å². The van der Waals surface area contributed by atoms with Crippen molar-refractivity contribution in [3.8, 4) is 11.8 Å². The molecule has 0 radical (unpaired) electrons. The summed E-state index contributed by atoms with van der Waals surface area (Å²) in [6, 6.07) is 8.05. The third kappa shape index (κ3) is 8.72. The number of ether oxygens (including phenoxy) is 1. The normalized spacial score (nSPS) is 18.5. The van der Waals surface area contributed by atoms with Crippen LogP contribution in [0.1, 0.15) is 50.7 Å². The Morgan fingerprint density at radius 1 is 1.26 bits per heavy atom. The van der Waals surface area contributed by atoms with Crippen LogP contribution in [0, 0.1) is 30.6 Å². The van der Waals surface area contributed by atoms with Gasteiger partial charge in [0.1, 0.15) is 17.0 Å². The van der Waals surface area contributed by atoms with E-state index in [4.69, 9.17) is 16.3 Å². The van der Waals surface area contributed by atoms with E-state index in [9.17, 15) is 14.7 Å². The van der Waals surface area contributed by atoms with Gasteiger partial charge in [0.05, 0.1) is 11.9 Å². The van der Waals surface area contributed by atoms with Crippen molar-refractivity contribution in [3.05, 3.63) is 46.8 Å². The van der Waals surface area contributed by atoms with Crippen molar-refractivity contribution in [3.63, 3.8) is 0 Å². The number of aliphatic imine (C=N–C) groups is 1. The number of alkyl halides is 1. The van der Waals surface area contributed by atoms with Crippen LogP contribution in [0.2, 0.25) is 0 Å². The maximum Gasteiger partial charge on any atom is 0.306 e. The summed E-state index contributed by atoms with van der Waals surface area (Å²) in [5, 5.41) is 12.2. The number of methoxy groups -OCH3 is 1. The zero-order valence-electron chi connectivity index (χ0n) is 21.1. The number of halogens is 1. The van der Waals surface area contributed by atoms with Gasteiger partial charge in [0.15, 0.2) is 0 Å². The molecule has 1 aliphatic carbocycles. The molecule has 2 rings (SSSR count). The third-order valence-corrected chi connectivity index (χ3v) is 6.58. The van der Waals surface area contributed by atoms with Crippen molar-refractivity contribution >= 4 is 30.2 Å². The van der Waals surface area contributed by atoms with Crippen molar-refractivity contribution in [2.75, 3.05) is 19.7 Å². The number of benzene rings is 1. The monoisotopic (exact) mass is 501 g/mol. The molecule has 190 valence electrons. The molecule has 7 nitrogen and oxygen atoms in total. The molecular formula is C27H36ClN3O4. The molecule has 1 aromatic carbocycles. The molecule has 2 N–H and O–H groups in total. The van der Waals surface area contributed by atoms with E-state index < -0.39 is 11.6 Å². The molecule has 35 heavy (non-hydrogen) atoms. The quantitative estimate of drug-likeness (QED) is 0.163. The number of hydrogen-bond donors (Lipinski definition) is 2. The van der Waals surface area contributed by atoms with E-state index in [1.165, 1.54) is 0 Å². The molecule has 1 aliphatic rings. The summed E-state index contributed by atoms with van der Waals surface area (Å²) in [7, 11) is 1.56. The second-order valence-electron chi connectivity index (χ2n) is 9.39. The molecule has 0 aliphatic heterocycles. The van der Waals surface area contributed by atoms with Gasteiger partial charge in [-0.1, -0.05) is 35.7 Å². The summed E-state index contributed by atoms with van der Waals surface area (Å²) >= 11 is 6.32.